The number of piperidine rings is 1. The van der Waals surface area contributed by atoms with Crippen LogP contribution in [0.1, 0.15) is 29.8 Å². The molecule has 0 saturated carbocycles. The predicted molar refractivity (Wildman–Crippen MR) is 114 cm³/mol. The van der Waals surface area contributed by atoms with Crippen LogP contribution in [-0.4, -0.2) is 52.6 Å². The number of ether oxygens (including phenoxy) is 1. The first-order valence-electron chi connectivity index (χ1n) is 10.1. The second kappa shape index (κ2) is 7.72. The van der Waals surface area contributed by atoms with E-state index < -0.39 is 0 Å². The van der Waals surface area contributed by atoms with Crippen LogP contribution in [0.15, 0.2) is 48.0 Å². The molecule has 1 N–H and O–H groups in total. The molecule has 7 heteroatoms. The number of likely N-dealkylation sites (tertiary alicyclic amines) is 1. The smallest absolute Gasteiger partial charge is 0.272 e. The molecule has 2 aromatic heterocycles. The molecule has 1 aromatic carbocycles. The minimum Gasteiger partial charge on any atom is -0.373 e. The van der Waals surface area contributed by atoms with Gasteiger partial charge in [0.05, 0.1) is 24.3 Å². The fourth-order valence-corrected chi connectivity index (χ4v) is 5.05. The minimum atomic E-state index is -0.222. The number of amides is 1. The van der Waals surface area contributed by atoms with Crippen LogP contribution in [0.2, 0.25) is 0 Å². The molecule has 2 aliphatic heterocycles. The number of anilines is 1. The summed E-state index contributed by atoms with van der Waals surface area (Å²) < 4.78 is 6.28. The van der Waals surface area contributed by atoms with Crippen molar-refractivity contribution in [3.63, 3.8) is 0 Å². The van der Waals surface area contributed by atoms with Crippen LogP contribution in [0, 0.1) is 5.92 Å². The Balaban J connectivity index is 1.25. The Labute approximate surface area is 173 Å². The van der Waals surface area contributed by atoms with Crippen LogP contribution >= 0.6 is 11.3 Å². The van der Waals surface area contributed by atoms with Gasteiger partial charge in [-0.2, -0.15) is 0 Å². The molecule has 2 fully saturated rings. The number of hydrogen-bond donors (Lipinski definition) is 1. The molecule has 2 atom stereocenters. The number of rotatable bonds is 4. The van der Waals surface area contributed by atoms with Gasteiger partial charge in [-0.3, -0.25) is 4.79 Å². The third-order valence-electron chi connectivity index (χ3n) is 5.90. The lowest BCUT2D eigenvalue weighted by molar-refractivity contribution is -0.0450. The third-order valence-corrected chi connectivity index (χ3v) is 6.64. The monoisotopic (exact) mass is 408 g/mol. The summed E-state index contributed by atoms with van der Waals surface area (Å²) in [7, 11) is 0. The van der Waals surface area contributed by atoms with Gasteiger partial charge in [0.25, 0.3) is 5.91 Å². The first kappa shape index (κ1) is 18.5. The van der Waals surface area contributed by atoms with Crippen LogP contribution in [0.4, 0.5) is 5.13 Å². The second-order valence-corrected chi connectivity index (χ2v) is 8.90. The van der Waals surface area contributed by atoms with E-state index in [2.05, 4.69) is 15.3 Å². The number of nitrogens with one attached hydrogen (secondary N) is 1. The van der Waals surface area contributed by atoms with Gasteiger partial charge in [0.15, 0.2) is 5.13 Å². The van der Waals surface area contributed by atoms with Crippen LogP contribution in [0.3, 0.4) is 0 Å². The number of para-hydroxylation sites is 1. The minimum absolute atomic E-state index is 0.00258. The Hall–Kier alpha value is -2.51. The van der Waals surface area contributed by atoms with Gasteiger partial charge >= 0.3 is 0 Å². The van der Waals surface area contributed by atoms with Crippen LogP contribution in [0.5, 0.6) is 0 Å². The molecule has 0 radical (unpaired) electrons. The molecule has 1 amide bonds. The highest BCUT2D eigenvalue weighted by atomic mass is 32.1. The third kappa shape index (κ3) is 3.84. The molecule has 4 heterocycles. The Morgan fingerprint density at radius 2 is 2.24 bits per heavy atom. The normalized spacial score (nSPS) is 24.3. The average molecular weight is 409 g/mol. The van der Waals surface area contributed by atoms with E-state index in [0.717, 1.165) is 55.0 Å². The number of aromatic nitrogens is 2. The lowest BCUT2D eigenvalue weighted by atomic mass is 9.86. The van der Waals surface area contributed by atoms with Crippen molar-refractivity contribution in [3.8, 4) is 0 Å². The summed E-state index contributed by atoms with van der Waals surface area (Å²) in [4.78, 5) is 23.9. The maximum absolute atomic E-state index is 13.1. The van der Waals surface area contributed by atoms with Gasteiger partial charge in [0, 0.05) is 36.0 Å². The van der Waals surface area contributed by atoms with Crippen molar-refractivity contribution in [2.24, 2.45) is 5.92 Å². The number of carbonyl (C=O) groups excluding carboxylic acids is 1. The summed E-state index contributed by atoms with van der Waals surface area (Å²) in [5.41, 5.74) is 1.15. The highest BCUT2D eigenvalue weighted by Crippen LogP contribution is 2.38. The Morgan fingerprint density at radius 1 is 1.31 bits per heavy atom. The Kier molecular flexibility index (Phi) is 4.93. The highest BCUT2D eigenvalue weighted by Gasteiger charge is 2.44. The maximum atomic E-state index is 13.1. The van der Waals surface area contributed by atoms with Gasteiger partial charge in [-0.25, -0.2) is 9.97 Å². The molecule has 5 rings (SSSR count). The number of pyridine rings is 1. The van der Waals surface area contributed by atoms with Gasteiger partial charge in [-0.15, -0.1) is 11.3 Å². The molecule has 3 aromatic rings. The van der Waals surface area contributed by atoms with Crippen molar-refractivity contribution >= 4 is 33.3 Å². The van der Waals surface area contributed by atoms with Gasteiger partial charge in [-0.1, -0.05) is 24.3 Å². The maximum Gasteiger partial charge on any atom is 0.272 e. The number of hydrogen-bond acceptors (Lipinski definition) is 6. The second-order valence-electron chi connectivity index (χ2n) is 8.00. The molecule has 2 saturated heterocycles. The number of carbonyl (C=O) groups is 1. The zero-order valence-electron chi connectivity index (χ0n) is 16.2. The van der Waals surface area contributed by atoms with Gasteiger partial charge in [-0.05, 0) is 31.4 Å². The van der Waals surface area contributed by atoms with Crippen LogP contribution in [-0.2, 0) is 4.74 Å². The van der Waals surface area contributed by atoms with Crippen molar-refractivity contribution in [2.75, 3.05) is 31.6 Å². The molecule has 1 spiro atoms. The van der Waals surface area contributed by atoms with Crippen LogP contribution < -0.4 is 5.32 Å². The zero-order chi connectivity index (χ0) is 19.7. The van der Waals surface area contributed by atoms with E-state index in [1.54, 1.807) is 11.3 Å². The summed E-state index contributed by atoms with van der Waals surface area (Å²) >= 11 is 1.61. The predicted octanol–water partition coefficient (Wildman–Crippen LogP) is 3.81. The lowest BCUT2D eigenvalue weighted by Crippen LogP contribution is -2.50. The van der Waals surface area contributed by atoms with Crippen molar-refractivity contribution < 1.29 is 9.53 Å². The number of fused-ring (bicyclic) bond motifs is 1. The largest absolute Gasteiger partial charge is 0.373 e. The van der Waals surface area contributed by atoms with Gasteiger partial charge < -0.3 is 15.0 Å². The van der Waals surface area contributed by atoms with Crippen molar-refractivity contribution in [3.05, 3.63) is 53.7 Å². The molecular formula is C22H24N4O2S. The van der Waals surface area contributed by atoms with Crippen LogP contribution in [0.25, 0.3) is 10.9 Å². The number of thiazole rings is 1. The van der Waals surface area contributed by atoms with E-state index in [0.29, 0.717) is 18.2 Å². The highest BCUT2D eigenvalue weighted by molar-refractivity contribution is 7.13. The molecular weight excluding hydrogens is 384 g/mol. The van der Waals surface area contributed by atoms with Crippen molar-refractivity contribution in [1.82, 2.24) is 14.9 Å². The molecule has 0 unspecified atom stereocenters. The summed E-state index contributed by atoms with van der Waals surface area (Å²) in [6, 6.07) is 11.7. The Morgan fingerprint density at radius 3 is 3.14 bits per heavy atom. The molecule has 0 bridgehead atoms. The fraction of sp³-hybridized carbons (Fsp3) is 0.409. The summed E-state index contributed by atoms with van der Waals surface area (Å²) in [6.45, 7) is 3.00. The number of nitrogens with zero attached hydrogens (tertiary/aromatic N) is 3. The van der Waals surface area contributed by atoms with Crippen molar-refractivity contribution in [2.45, 2.75) is 24.9 Å². The van der Waals surface area contributed by atoms with Gasteiger partial charge in [0.2, 0.25) is 0 Å². The standard InChI is InChI=1S/C22H24N4O2S/c27-20(19-7-6-17-4-1-2-5-18(17)25-19)26-10-3-8-22(15-26)12-16(14-28-22)13-24-21-23-9-11-29-21/h1-2,4-7,9,11,16H,3,8,10,12-15H2,(H,23,24)/t16-,22+/m0/s1. The van der Waals surface area contributed by atoms with Crippen molar-refractivity contribution in [1.29, 1.82) is 0 Å². The fourth-order valence-electron chi connectivity index (χ4n) is 4.52. The molecule has 29 heavy (non-hydrogen) atoms. The summed E-state index contributed by atoms with van der Waals surface area (Å²) in [5.74, 6) is 0.440. The van der Waals surface area contributed by atoms with E-state index in [4.69, 9.17) is 4.74 Å². The van der Waals surface area contributed by atoms with E-state index in [-0.39, 0.29) is 11.5 Å². The van der Waals surface area contributed by atoms with E-state index in [9.17, 15) is 4.79 Å². The average Bonchev–Trinajstić information content (AvgIpc) is 3.42. The molecule has 2 aliphatic rings. The molecule has 150 valence electrons. The summed E-state index contributed by atoms with van der Waals surface area (Å²) in [5, 5.41) is 7.38. The first-order valence-corrected chi connectivity index (χ1v) is 11.0. The number of benzene rings is 1. The van der Waals surface area contributed by atoms with E-state index in [1.807, 2.05) is 52.9 Å². The summed E-state index contributed by atoms with van der Waals surface area (Å²) in [6.07, 6.45) is 4.76. The molecule has 6 nitrogen and oxygen atoms in total. The SMILES string of the molecule is O=C(c1ccc2ccccc2n1)N1CCC[C@@]2(C[C@@H](CNc3nccs3)CO2)C1. The topological polar surface area (TPSA) is 67.4 Å². The molecule has 0 aliphatic carbocycles. The Bertz CT molecular complexity index is 1010. The quantitative estimate of drug-likeness (QED) is 0.711. The van der Waals surface area contributed by atoms with E-state index >= 15 is 0 Å². The van der Waals surface area contributed by atoms with E-state index in [1.165, 1.54) is 0 Å². The van der Waals surface area contributed by atoms with Gasteiger partial charge in [0.1, 0.15) is 5.69 Å². The first-order chi connectivity index (χ1) is 14.2. The zero-order valence-corrected chi connectivity index (χ0v) is 17.0. The lowest BCUT2D eigenvalue weighted by Gasteiger charge is -2.39.